The molecule has 2 rings (SSSR count). The first kappa shape index (κ1) is 14.8. The second-order valence-electron chi connectivity index (χ2n) is 5.86. The molecule has 0 amide bonds. The number of hydrogen-bond donors (Lipinski definition) is 1. The third kappa shape index (κ3) is 3.28. The van der Waals surface area contributed by atoms with E-state index in [1.807, 2.05) is 31.2 Å². The monoisotopic (exact) mass is 338 g/mol. The van der Waals surface area contributed by atoms with E-state index in [1.54, 1.807) is 11.3 Å². The standard InChI is InChI=1S/C16H19BrOS/c1-10-5-6-11(9-12(10)17)15(18)13-7-8-14(19-13)16(2,3)4/h5-9,15,18H,1-4H3. The maximum Gasteiger partial charge on any atom is 0.113 e. The van der Waals surface area contributed by atoms with Crippen LogP contribution in [0.2, 0.25) is 0 Å². The summed E-state index contributed by atoms with van der Waals surface area (Å²) in [5, 5.41) is 10.5. The van der Waals surface area contributed by atoms with E-state index < -0.39 is 6.10 Å². The number of halogens is 1. The lowest BCUT2D eigenvalue weighted by molar-refractivity contribution is 0.224. The van der Waals surface area contributed by atoms with Crippen LogP contribution in [-0.4, -0.2) is 5.11 Å². The number of aryl methyl sites for hydroxylation is 1. The van der Waals surface area contributed by atoms with Crippen molar-refractivity contribution >= 4 is 27.3 Å². The van der Waals surface area contributed by atoms with E-state index in [1.165, 1.54) is 10.4 Å². The summed E-state index contributed by atoms with van der Waals surface area (Å²) in [6.45, 7) is 8.62. The van der Waals surface area contributed by atoms with Crippen LogP contribution in [-0.2, 0) is 5.41 Å². The highest BCUT2D eigenvalue weighted by atomic mass is 79.9. The first-order valence-corrected chi connectivity index (χ1v) is 7.94. The Morgan fingerprint density at radius 2 is 1.84 bits per heavy atom. The van der Waals surface area contributed by atoms with Crippen molar-refractivity contribution in [2.24, 2.45) is 0 Å². The fourth-order valence-electron chi connectivity index (χ4n) is 1.85. The van der Waals surface area contributed by atoms with Crippen LogP contribution in [0.1, 0.15) is 47.8 Å². The highest BCUT2D eigenvalue weighted by Crippen LogP contribution is 2.35. The van der Waals surface area contributed by atoms with Crippen LogP contribution >= 0.6 is 27.3 Å². The molecular weight excluding hydrogens is 320 g/mol. The highest BCUT2D eigenvalue weighted by Gasteiger charge is 2.19. The van der Waals surface area contributed by atoms with Crippen molar-refractivity contribution in [2.45, 2.75) is 39.2 Å². The minimum absolute atomic E-state index is 0.135. The normalized spacial score (nSPS) is 13.6. The summed E-state index contributed by atoms with van der Waals surface area (Å²) in [6.07, 6.45) is -0.544. The fraction of sp³-hybridized carbons (Fsp3) is 0.375. The van der Waals surface area contributed by atoms with Gasteiger partial charge in [-0.05, 0) is 41.7 Å². The van der Waals surface area contributed by atoms with Gasteiger partial charge in [-0.1, -0.05) is 48.8 Å². The molecule has 1 N–H and O–H groups in total. The van der Waals surface area contributed by atoms with Crippen molar-refractivity contribution in [1.29, 1.82) is 0 Å². The summed E-state index contributed by atoms with van der Waals surface area (Å²) in [5.74, 6) is 0. The lowest BCUT2D eigenvalue weighted by Gasteiger charge is -2.16. The lowest BCUT2D eigenvalue weighted by Crippen LogP contribution is -2.07. The number of rotatable bonds is 2. The number of thiophene rings is 1. The predicted octanol–water partition coefficient (Wildman–Crippen LogP) is 5.20. The first-order valence-electron chi connectivity index (χ1n) is 6.33. The SMILES string of the molecule is Cc1ccc(C(O)c2ccc(C(C)(C)C)s2)cc1Br. The zero-order valence-corrected chi connectivity index (χ0v) is 14.1. The van der Waals surface area contributed by atoms with Gasteiger partial charge in [-0.25, -0.2) is 0 Å². The third-order valence-electron chi connectivity index (χ3n) is 3.15. The molecule has 0 saturated carbocycles. The second-order valence-corrected chi connectivity index (χ2v) is 7.83. The molecule has 0 spiro atoms. The van der Waals surface area contributed by atoms with E-state index in [0.717, 1.165) is 14.9 Å². The number of benzene rings is 1. The molecule has 1 aromatic carbocycles. The topological polar surface area (TPSA) is 20.2 Å². The largest absolute Gasteiger partial charge is 0.383 e. The Morgan fingerprint density at radius 3 is 2.37 bits per heavy atom. The average molecular weight is 339 g/mol. The van der Waals surface area contributed by atoms with Crippen LogP contribution in [0.4, 0.5) is 0 Å². The van der Waals surface area contributed by atoms with Gasteiger partial charge < -0.3 is 5.11 Å². The van der Waals surface area contributed by atoms with Gasteiger partial charge in [-0.2, -0.15) is 0 Å². The van der Waals surface area contributed by atoms with Crippen LogP contribution in [0.15, 0.2) is 34.8 Å². The Labute approximate surface area is 127 Å². The van der Waals surface area contributed by atoms with Gasteiger partial charge in [-0.3, -0.25) is 0 Å². The molecule has 0 radical (unpaired) electrons. The molecule has 3 heteroatoms. The fourth-order valence-corrected chi connectivity index (χ4v) is 3.32. The highest BCUT2D eigenvalue weighted by molar-refractivity contribution is 9.10. The maximum absolute atomic E-state index is 10.5. The summed E-state index contributed by atoms with van der Waals surface area (Å²) in [4.78, 5) is 2.30. The van der Waals surface area contributed by atoms with Gasteiger partial charge in [-0.15, -0.1) is 11.3 Å². The predicted molar refractivity (Wildman–Crippen MR) is 86.0 cm³/mol. The Kier molecular flexibility index (Phi) is 4.19. The molecule has 0 aliphatic rings. The van der Waals surface area contributed by atoms with E-state index in [4.69, 9.17) is 0 Å². The molecule has 0 fully saturated rings. The molecule has 2 aromatic rings. The van der Waals surface area contributed by atoms with Gasteiger partial charge in [0.05, 0.1) is 0 Å². The molecule has 0 aliphatic carbocycles. The number of aliphatic hydroxyl groups is 1. The summed E-state index contributed by atoms with van der Waals surface area (Å²) in [7, 11) is 0. The molecule has 1 atom stereocenters. The zero-order valence-electron chi connectivity index (χ0n) is 11.7. The van der Waals surface area contributed by atoms with Crippen molar-refractivity contribution in [3.63, 3.8) is 0 Å². The molecular formula is C16H19BrOS. The van der Waals surface area contributed by atoms with Gasteiger partial charge in [0.25, 0.3) is 0 Å². The first-order chi connectivity index (χ1) is 8.79. The molecule has 1 nitrogen and oxygen atoms in total. The van der Waals surface area contributed by atoms with Crippen LogP contribution in [0.3, 0.4) is 0 Å². The third-order valence-corrected chi connectivity index (χ3v) is 5.56. The molecule has 0 bridgehead atoms. The van der Waals surface area contributed by atoms with Crippen molar-refractivity contribution < 1.29 is 5.11 Å². The molecule has 102 valence electrons. The van der Waals surface area contributed by atoms with E-state index >= 15 is 0 Å². The van der Waals surface area contributed by atoms with E-state index in [-0.39, 0.29) is 5.41 Å². The summed E-state index contributed by atoms with van der Waals surface area (Å²) in [5.41, 5.74) is 2.24. The average Bonchev–Trinajstić information content (AvgIpc) is 2.81. The van der Waals surface area contributed by atoms with Crippen LogP contribution in [0.5, 0.6) is 0 Å². The Bertz CT molecular complexity index is 581. The summed E-state index contributed by atoms with van der Waals surface area (Å²) in [6, 6.07) is 10.2. The molecule has 19 heavy (non-hydrogen) atoms. The summed E-state index contributed by atoms with van der Waals surface area (Å²) >= 11 is 5.20. The van der Waals surface area contributed by atoms with E-state index in [9.17, 15) is 5.11 Å². The van der Waals surface area contributed by atoms with Crippen molar-refractivity contribution in [3.8, 4) is 0 Å². The zero-order chi connectivity index (χ0) is 14.2. The van der Waals surface area contributed by atoms with Gasteiger partial charge in [0.15, 0.2) is 0 Å². The second kappa shape index (κ2) is 5.39. The van der Waals surface area contributed by atoms with Crippen molar-refractivity contribution in [1.82, 2.24) is 0 Å². The van der Waals surface area contributed by atoms with Gasteiger partial charge in [0, 0.05) is 14.2 Å². The van der Waals surface area contributed by atoms with Crippen LogP contribution < -0.4 is 0 Å². The quantitative estimate of drug-likeness (QED) is 0.797. The Balaban J connectivity index is 2.31. The molecule has 0 aliphatic heterocycles. The summed E-state index contributed by atoms with van der Waals surface area (Å²) < 4.78 is 1.04. The lowest BCUT2D eigenvalue weighted by atomic mass is 9.95. The van der Waals surface area contributed by atoms with Crippen molar-refractivity contribution in [2.75, 3.05) is 0 Å². The van der Waals surface area contributed by atoms with Crippen molar-refractivity contribution in [3.05, 3.63) is 55.7 Å². The van der Waals surface area contributed by atoms with Gasteiger partial charge >= 0.3 is 0 Å². The van der Waals surface area contributed by atoms with Crippen LogP contribution in [0.25, 0.3) is 0 Å². The maximum atomic E-state index is 10.5. The molecule has 0 saturated heterocycles. The van der Waals surface area contributed by atoms with E-state index in [0.29, 0.717) is 0 Å². The van der Waals surface area contributed by atoms with Gasteiger partial charge in [0.1, 0.15) is 6.10 Å². The molecule has 1 heterocycles. The molecule has 1 unspecified atom stereocenters. The Morgan fingerprint density at radius 1 is 1.16 bits per heavy atom. The number of aliphatic hydroxyl groups excluding tert-OH is 1. The number of hydrogen-bond acceptors (Lipinski definition) is 2. The minimum atomic E-state index is -0.544. The van der Waals surface area contributed by atoms with Gasteiger partial charge in [0.2, 0.25) is 0 Å². The molecule has 1 aromatic heterocycles. The van der Waals surface area contributed by atoms with E-state index in [2.05, 4.69) is 42.8 Å². The van der Waals surface area contributed by atoms with Crippen LogP contribution in [0, 0.1) is 6.92 Å². The Hall–Kier alpha value is -0.640. The minimum Gasteiger partial charge on any atom is -0.383 e. The smallest absolute Gasteiger partial charge is 0.113 e.